The Hall–Kier alpha value is -2.46. The van der Waals surface area contributed by atoms with Gasteiger partial charge in [-0.15, -0.1) is 0 Å². The lowest BCUT2D eigenvalue weighted by atomic mass is 10.2. The molecule has 0 saturated carbocycles. The highest BCUT2D eigenvalue weighted by molar-refractivity contribution is 6.30. The van der Waals surface area contributed by atoms with Crippen molar-refractivity contribution in [2.75, 3.05) is 0 Å². The summed E-state index contributed by atoms with van der Waals surface area (Å²) < 4.78 is 5.83. The molecule has 0 bridgehead atoms. The molecule has 0 radical (unpaired) electrons. The predicted molar refractivity (Wildman–Crippen MR) is 86.3 cm³/mol. The van der Waals surface area contributed by atoms with Crippen LogP contribution in [0.15, 0.2) is 48.7 Å². The van der Waals surface area contributed by atoms with E-state index in [0.717, 1.165) is 17.0 Å². The van der Waals surface area contributed by atoms with E-state index in [-0.39, 0.29) is 0 Å². The summed E-state index contributed by atoms with van der Waals surface area (Å²) in [4.78, 5) is 13.1. The third-order valence-corrected chi connectivity index (χ3v) is 3.33. The van der Waals surface area contributed by atoms with Crippen molar-refractivity contribution in [1.82, 2.24) is 15.0 Å². The molecule has 3 rings (SSSR count). The van der Waals surface area contributed by atoms with Crippen LogP contribution in [0, 0.1) is 13.8 Å². The predicted octanol–water partition coefficient (Wildman–Crippen LogP) is 4.60. The molecular formula is C17H14ClN3O. The highest BCUT2D eigenvalue weighted by atomic mass is 35.5. The zero-order chi connectivity index (χ0) is 15.5. The Kier molecular flexibility index (Phi) is 4.02. The number of aromatic nitrogens is 3. The monoisotopic (exact) mass is 311 g/mol. The Balaban J connectivity index is 1.91. The molecule has 0 amide bonds. The lowest BCUT2D eigenvalue weighted by Gasteiger charge is -2.09. The molecule has 0 N–H and O–H groups in total. The summed E-state index contributed by atoms with van der Waals surface area (Å²) in [5, 5.41) is 0.680. The number of aryl methyl sites for hydroxylation is 2. The van der Waals surface area contributed by atoms with Crippen molar-refractivity contribution in [3.05, 3.63) is 64.9 Å². The van der Waals surface area contributed by atoms with Gasteiger partial charge in [0.15, 0.2) is 5.82 Å². The van der Waals surface area contributed by atoms with Crippen molar-refractivity contribution in [2.45, 2.75) is 13.8 Å². The van der Waals surface area contributed by atoms with E-state index in [1.54, 1.807) is 18.3 Å². The Morgan fingerprint density at radius 1 is 1.00 bits per heavy atom. The number of benzene rings is 1. The number of rotatable bonds is 3. The first-order valence-electron chi connectivity index (χ1n) is 6.83. The van der Waals surface area contributed by atoms with E-state index in [1.807, 2.05) is 44.2 Å². The van der Waals surface area contributed by atoms with E-state index in [9.17, 15) is 0 Å². The Labute approximate surface area is 133 Å². The molecule has 22 heavy (non-hydrogen) atoms. The minimum Gasteiger partial charge on any atom is -0.439 e. The first-order valence-corrected chi connectivity index (χ1v) is 7.21. The van der Waals surface area contributed by atoms with Crippen LogP contribution in [0.2, 0.25) is 5.02 Å². The maximum atomic E-state index is 5.95. The summed E-state index contributed by atoms with van der Waals surface area (Å²) in [6.07, 6.45) is 1.72. The van der Waals surface area contributed by atoms with Gasteiger partial charge in [0.2, 0.25) is 5.88 Å². The van der Waals surface area contributed by atoms with Gasteiger partial charge in [-0.1, -0.05) is 17.7 Å². The average molecular weight is 312 g/mol. The zero-order valence-corrected chi connectivity index (χ0v) is 13.0. The fourth-order valence-corrected chi connectivity index (χ4v) is 2.24. The second-order valence-electron chi connectivity index (χ2n) is 4.89. The molecule has 1 aromatic carbocycles. The minimum absolute atomic E-state index is 0.494. The normalized spacial score (nSPS) is 10.5. The van der Waals surface area contributed by atoms with E-state index in [4.69, 9.17) is 16.3 Å². The molecule has 0 atom stereocenters. The Morgan fingerprint density at radius 2 is 1.86 bits per heavy atom. The number of hydrogen-bond acceptors (Lipinski definition) is 4. The summed E-state index contributed by atoms with van der Waals surface area (Å²) in [5.74, 6) is 1.80. The summed E-state index contributed by atoms with van der Waals surface area (Å²) >= 11 is 5.95. The first-order chi connectivity index (χ1) is 10.6. The first kappa shape index (κ1) is 14.5. The second kappa shape index (κ2) is 6.12. The quantitative estimate of drug-likeness (QED) is 0.709. The molecule has 3 aromatic rings. The Bertz CT molecular complexity index is 821. The van der Waals surface area contributed by atoms with Crippen LogP contribution in [-0.2, 0) is 0 Å². The molecule has 2 aromatic heterocycles. The number of ether oxygens (including phenoxy) is 1. The van der Waals surface area contributed by atoms with Crippen LogP contribution in [0.1, 0.15) is 11.3 Å². The highest BCUT2D eigenvalue weighted by Crippen LogP contribution is 2.27. The molecule has 0 aliphatic carbocycles. The van der Waals surface area contributed by atoms with Crippen molar-refractivity contribution in [3.8, 4) is 23.1 Å². The van der Waals surface area contributed by atoms with Gasteiger partial charge in [0, 0.05) is 23.0 Å². The molecule has 0 fully saturated rings. The lowest BCUT2D eigenvalue weighted by Crippen LogP contribution is -1.95. The summed E-state index contributed by atoms with van der Waals surface area (Å²) in [7, 11) is 0. The third-order valence-electron chi connectivity index (χ3n) is 3.10. The van der Waals surface area contributed by atoms with Crippen molar-refractivity contribution < 1.29 is 4.74 Å². The molecule has 110 valence electrons. The zero-order valence-electron chi connectivity index (χ0n) is 12.2. The van der Waals surface area contributed by atoms with E-state index in [0.29, 0.717) is 22.4 Å². The smallest absolute Gasteiger partial charge is 0.219 e. The van der Waals surface area contributed by atoms with E-state index in [2.05, 4.69) is 15.0 Å². The van der Waals surface area contributed by atoms with Crippen LogP contribution in [0.3, 0.4) is 0 Å². The van der Waals surface area contributed by atoms with E-state index < -0.39 is 0 Å². The van der Waals surface area contributed by atoms with Crippen LogP contribution in [0.25, 0.3) is 11.5 Å². The molecule has 2 heterocycles. The van der Waals surface area contributed by atoms with Crippen molar-refractivity contribution in [1.29, 1.82) is 0 Å². The maximum absolute atomic E-state index is 5.95. The largest absolute Gasteiger partial charge is 0.439 e. The number of hydrogen-bond donors (Lipinski definition) is 0. The molecule has 0 saturated heterocycles. The fourth-order valence-electron chi connectivity index (χ4n) is 2.01. The van der Waals surface area contributed by atoms with Crippen molar-refractivity contribution in [3.63, 3.8) is 0 Å². The fraction of sp³-hybridized carbons (Fsp3) is 0.118. The Morgan fingerprint density at radius 3 is 2.64 bits per heavy atom. The van der Waals surface area contributed by atoms with Crippen LogP contribution in [0.4, 0.5) is 0 Å². The van der Waals surface area contributed by atoms with Gasteiger partial charge in [-0.25, -0.2) is 15.0 Å². The van der Waals surface area contributed by atoms with Gasteiger partial charge in [-0.3, -0.25) is 0 Å². The summed E-state index contributed by atoms with van der Waals surface area (Å²) in [6.45, 7) is 3.86. The molecule has 4 nitrogen and oxygen atoms in total. The maximum Gasteiger partial charge on any atom is 0.219 e. The molecule has 0 unspecified atom stereocenters. The standard InChI is InChI=1S/C17H14ClN3O/c1-11-10-13(18)6-7-15(11)22-16-5-3-4-14(21-16)17-19-9-8-12(2)20-17/h3-10H,1-2H3. The van der Waals surface area contributed by atoms with E-state index >= 15 is 0 Å². The molecule has 5 heteroatoms. The number of halogens is 1. The summed E-state index contributed by atoms with van der Waals surface area (Å²) in [6, 6.07) is 12.8. The lowest BCUT2D eigenvalue weighted by molar-refractivity contribution is 0.460. The molecule has 0 aliphatic heterocycles. The number of pyridine rings is 1. The third kappa shape index (κ3) is 3.23. The number of nitrogens with zero attached hydrogens (tertiary/aromatic N) is 3. The minimum atomic E-state index is 0.494. The average Bonchev–Trinajstić information content (AvgIpc) is 2.50. The van der Waals surface area contributed by atoms with Crippen molar-refractivity contribution >= 4 is 11.6 Å². The summed E-state index contributed by atoms with van der Waals surface area (Å²) in [5.41, 5.74) is 2.52. The van der Waals surface area contributed by atoms with Crippen LogP contribution in [0.5, 0.6) is 11.6 Å². The molecule has 0 aliphatic rings. The van der Waals surface area contributed by atoms with Gasteiger partial charge in [0.05, 0.1) is 0 Å². The topological polar surface area (TPSA) is 47.9 Å². The van der Waals surface area contributed by atoms with Gasteiger partial charge < -0.3 is 4.74 Å². The van der Waals surface area contributed by atoms with Gasteiger partial charge in [-0.05, 0) is 49.7 Å². The SMILES string of the molecule is Cc1ccnc(-c2cccc(Oc3ccc(Cl)cc3C)n2)n1. The second-order valence-corrected chi connectivity index (χ2v) is 5.33. The van der Waals surface area contributed by atoms with Gasteiger partial charge in [0.25, 0.3) is 0 Å². The highest BCUT2D eigenvalue weighted by Gasteiger charge is 2.07. The van der Waals surface area contributed by atoms with Crippen LogP contribution < -0.4 is 4.74 Å². The molecule has 0 spiro atoms. The van der Waals surface area contributed by atoms with Gasteiger partial charge in [-0.2, -0.15) is 0 Å². The van der Waals surface area contributed by atoms with Crippen LogP contribution in [-0.4, -0.2) is 15.0 Å². The van der Waals surface area contributed by atoms with Crippen LogP contribution >= 0.6 is 11.6 Å². The van der Waals surface area contributed by atoms with Gasteiger partial charge in [0.1, 0.15) is 11.4 Å². The van der Waals surface area contributed by atoms with E-state index in [1.165, 1.54) is 0 Å². The van der Waals surface area contributed by atoms with Crippen molar-refractivity contribution in [2.24, 2.45) is 0 Å². The molecular weight excluding hydrogens is 298 g/mol. The van der Waals surface area contributed by atoms with Gasteiger partial charge >= 0.3 is 0 Å².